The molecule has 0 saturated heterocycles. The highest BCUT2D eigenvalue weighted by Crippen LogP contribution is 2.22. The summed E-state index contributed by atoms with van der Waals surface area (Å²) in [5, 5.41) is 16.1. The number of carbonyl (C=O) groups excluding carboxylic acids is 1. The minimum atomic E-state index is -0.151. The number of carbonyl (C=O) groups is 1. The van der Waals surface area contributed by atoms with Gasteiger partial charge in [-0.15, -0.1) is 11.3 Å². The molecule has 0 unspecified atom stereocenters. The molecule has 0 spiro atoms. The fourth-order valence-corrected chi connectivity index (χ4v) is 3.20. The number of benzene rings is 1. The summed E-state index contributed by atoms with van der Waals surface area (Å²) >= 11 is 1.34. The summed E-state index contributed by atoms with van der Waals surface area (Å²) in [7, 11) is 0. The fraction of sp³-hybridized carbons (Fsp3) is 0.111. The molecule has 0 aliphatic carbocycles. The van der Waals surface area contributed by atoms with Crippen molar-refractivity contribution in [1.82, 2.24) is 0 Å². The summed E-state index contributed by atoms with van der Waals surface area (Å²) in [6, 6.07) is 17.3. The molecule has 3 N–H and O–H groups in total. The molecule has 1 atom stereocenters. The number of rotatable bonds is 6. The lowest BCUT2D eigenvalue weighted by Crippen LogP contribution is -2.87. The summed E-state index contributed by atoms with van der Waals surface area (Å²) in [6.45, 7) is 0.225. The van der Waals surface area contributed by atoms with Crippen molar-refractivity contribution in [2.24, 2.45) is 0 Å². The summed E-state index contributed by atoms with van der Waals surface area (Å²) in [4.78, 5) is 12.2. The van der Waals surface area contributed by atoms with Crippen LogP contribution in [0.25, 0.3) is 0 Å². The van der Waals surface area contributed by atoms with Crippen molar-refractivity contribution in [2.75, 3.05) is 11.9 Å². The maximum Gasteiger partial charge on any atom is 0.280 e. The van der Waals surface area contributed by atoms with Crippen LogP contribution in [0.4, 0.5) is 5.00 Å². The van der Waals surface area contributed by atoms with Crippen molar-refractivity contribution < 1.29 is 14.5 Å². The largest absolute Gasteiger partial charge is 0.463 e. The third-order valence-electron chi connectivity index (χ3n) is 3.59. The SMILES string of the molecule is N#Cc1ccsc1NC(=O)C[NH2+][C@H](c1ccccc1)c1ccco1. The molecule has 1 amide bonds. The van der Waals surface area contributed by atoms with E-state index in [4.69, 9.17) is 9.68 Å². The van der Waals surface area contributed by atoms with Gasteiger partial charge in [0, 0.05) is 5.56 Å². The zero-order valence-electron chi connectivity index (χ0n) is 12.8. The normalized spacial score (nSPS) is 11.6. The fourth-order valence-electron chi connectivity index (χ4n) is 2.44. The first-order chi connectivity index (χ1) is 11.8. The second kappa shape index (κ2) is 7.59. The number of nitrogens with two attached hydrogens (primary N) is 1. The minimum absolute atomic E-state index is 0.0919. The van der Waals surface area contributed by atoms with Crippen LogP contribution in [0.5, 0.6) is 0 Å². The Bertz CT molecular complexity index is 835. The number of hydrogen-bond donors (Lipinski definition) is 2. The van der Waals surface area contributed by atoms with Crippen molar-refractivity contribution in [1.29, 1.82) is 5.26 Å². The molecule has 0 aliphatic rings. The first kappa shape index (κ1) is 16.0. The predicted molar refractivity (Wildman–Crippen MR) is 91.4 cm³/mol. The summed E-state index contributed by atoms with van der Waals surface area (Å²) in [5.74, 6) is 0.643. The van der Waals surface area contributed by atoms with Crippen molar-refractivity contribution in [3.8, 4) is 6.07 Å². The molecule has 120 valence electrons. The smallest absolute Gasteiger partial charge is 0.280 e. The highest BCUT2D eigenvalue weighted by Gasteiger charge is 2.21. The molecule has 0 fully saturated rings. The van der Waals surface area contributed by atoms with Gasteiger partial charge in [-0.3, -0.25) is 4.79 Å². The van der Waals surface area contributed by atoms with Gasteiger partial charge in [-0.1, -0.05) is 30.3 Å². The molecule has 24 heavy (non-hydrogen) atoms. The number of quaternary nitrogens is 1. The highest BCUT2D eigenvalue weighted by atomic mass is 32.1. The van der Waals surface area contributed by atoms with Gasteiger partial charge in [-0.2, -0.15) is 5.26 Å². The number of nitriles is 1. The van der Waals surface area contributed by atoms with E-state index in [2.05, 4.69) is 11.4 Å². The van der Waals surface area contributed by atoms with Gasteiger partial charge in [0.15, 0.2) is 18.3 Å². The summed E-state index contributed by atoms with van der Waals surface area (Å²) < 4.78 is 5.52. The quantitative estimate of drug-likeness (QED) is 0.724. The van der Waals surface area contributed by atoms with Crippen LogP contribution >= 0.6 is 11.3 Å². The van der Waals surface area contributed by atoms with Crippen LogP contribution in [0, 0.1) is 11.3 Å². The number of amides is 1. The Morgan fingerprint density at radius 2 is 2.08 bits per heavy atom. The Hall–Kier alpha value is -2.88. The first-order valence-electron chi connectivity index (χ1n) is 7.47. The third kappa shape index (κ3) is 3.71. The average molecular weight is 338 g/mol. The lowest BCUT2D eigenvalue weighted by atomic mass is 10.0. The van der Waals surface area contributed by atoms with E-state index in [-0.39, 0.29) is 18.5 Å². The molecule has 0 radical (unpaired) electrons. The molecule has 5 nitrogen and oxygen atoms in total. The molecule has 3 aromatic rings. The van der Waals surface area contributed by atoms with E-state index in [1.165, 1.54) is 11.3 Å². The number of thiophene rings is 1. The molecule has 0 bridgehead atoms. The van der Waals surface area contributed by atoms with Crippen LogP contribution in [0.2, 0.25) is 0 Å². The lowest BCUT2D eigenvalue weighted by Gasteiger charge is -2.13. The Morgan fingerprint density at radius 3 is 2.79 bits per heavy atom. The number of hydrogen-bond acceptors (Lipinski definition) is 4. The van der Waals surface area contributed by atoms with Crippen LogP contribution in [0.1, 0.15) is 22.9 Å². The van der Waals surface area contributed by atoms with E-state index < -0.39 is 0 Å². The van der Waals surface area contributed by atoms with Crippen LogP contribution < -0.4 is 10.6 Å². The second-order valence-corrected chi connectivity index (χ2v) is 6.08. The van der Waals surface area contributed by atoms with E-state index in [0.717, 1.165) is 11.3 Å². The second-order valence-electron chi connectivity index (χ2n) is 5.17. The van der Waals surface area contributed by atoms with Gasteiger partial charge < -0.3 is 15.1 Å². The molecular formula is C18H16N3O2S+. The van der Waals surface area contributed by atoms with Gasteiger partial charge >= 0.3 is 0 Å². The van der Waals surface area contributed by atoms with Crippen molar-refractivity contribution in [2.45, 2.75) is 6.04 Å². The van der Waals surface area contributed by atoms with Crippen LogP contribution in [-0.4, -0.2) is 12.5 Å². The molecule has 1 aromatic carbocycles. The molecule has 2 aromatic heterocycles. The van der Waals surface area contributed by atoms with E-state index in [0.29, 0.717) is 10.6 Å². The minimum Gasteiger partial charge on any atom is -0.463 e. The Balaban J connectivity index is 1.68. The Kier molecular flexibility index (Phi) is 5.06. The number of furan rings is 1. The van der Waals surface area contributed by atoms with E-state index in [1.807, 2.05) is 47.8 Å². The van der Waals surface area contributed by atoms with Gasteiger partial charge in [0.2, 0.25) is 0 Å². The predicted octanol–water partition coefficient (Wildman–Crippen LogP) is 2.50. The van der Waals surface area contributed by atoms with E-state index in [9.17, 15) is 4.79 Å². The molecule has 3 rings (SSSR count). The van der Waals surface area contributed by atoms with Gasteiger partial charge in [0.05, 0.1) is 11.8 Å². The molecule has 2 heterocycles. The Morgan fingerprint density at radius 1 is 1.25 bits per heavy atom. The van der Waals surface area contributed by atoms with Crippen LogP contribution in [0.15, 0.2) is 64.6 Å². The van der Waals surface area contributed by atoms with E-state index >= 15 is 0 Å². The zero-order valence-corrected chi connectivity index (χ0v) is 13.6. The monoisotopic (exact) mass is 338 g/mol. The van der Waals surface area contributed by atoms with Gasteiger partial charge in [0.25, 0.3) is 5.91 Å². The van der Waals surface area contributed by atoms with Crippen molar-refractivity contribution in [3.05, 3.63) is 77.1 Å². The van der Waals surface area contributed by atoms with Gasteiger partial charge in [-0.25, -0.2) is 0 Å². The summed E-state index contributed by atoms with van der Waals surface area (Å²) in [5.41, 5.74) is 1.55. The van der Waals surface area contributed by atoms with E-state index in [1.54, 1.807) is 17.7 Å². The Labute approximate surface area is 143 Å². The molecule has 6 heteroatoms. The molecular weight excluding hydrogens is 322 g/mol. The first-order valence-corrected chi connectivity index (χ1v) is 8.35. The number of anilines is 1. The maximum absolute atomic E-state index is 12.2. The zero-order chi connectivity index (χ0) is 16.8. The van der Waals surface area contributed by atoms with Crippen LogP contribution in [-0.2, 0) is 4.79 Å². The number of nitrogens with zero attached hydrogens (tertiary/aromatic N) is 1. The third-order valence-corrected chi connectivity index (χ3v) is 4.42. The van der Waals surface area contributed by atoms with Gasteiger partial charge in [0.1, 0.15) is 11.1 Å². The average Bonchev–Trinajstić information content (AvgIpc) is 3.28. The molecule has 0 saturated carbocycles. The summed E-state index contributed by atoms with van der Waals surface area (Å²) in [6.07, 6.45) is 1.63. The maximum atomic E-state index is 12.2. The van der Waals surface area contributed by atoms with Crippen molar-refractivity contribution in [3.63, 3.8) is 0 Å². The number of nitrogens with one attached hydrogen (secondary N) is 1. The lowest BCUT2D eigenvalue weighted by molar-refractivity contribution is -0.678. The highest BCUT2D eigenvalue weighted by molar-refractivity contribution is 7.14. The van der Waals surface area contributed by atoms with Gasteiger partial charge in [-0.05, 0) is 23.6 Å². The van der Waals surface area contributed by atoms with Crippen LogP contribution in [0.3, 0.4) is 0 Å². The van der Waals surface area contributed by atoms with Crippen molar-refractivity contribution >= 4 is 22.2 Å². The standard InChI is InChI=1S/C18H15N3O2S/c19-11-14-8-10-24-18(14)21-16(22)12-20-17(15-7-4-9-23-15)13-5-2-1-3-6-13/h1-10,17,20H,12H2,(H,21,22)/p+1/t17-/m1/s1. The topological polar surface area (TPSA) is 82.6 Å². The molecule has 0 aliphatic heterocycles.